The zero-order valence-electron chi connectivity index (χ0n) is 14.0. The minimum absolute atomic E-state index is 0.312. The van der Waals surface area contributed by atoms with Gasteiger partial charge in [-0.3, -0.25) is 0 Å². The van der Waals surface area contributed by atoms with Crippen molar-refractivity contribution < 1.29 is 18.1 Å². The van der Waals surface area contributed by atoms with E-state index in [0.717, 1.165) is 0 Å². The molecule has 1 aromatic carbocycles. The van der Waals surface area contributed by atoms with Crippen LogP contribution in [0.4, 0.5) is 8.78 Å². The largest absolute Gasteiger partial charge is 0.525 e. The van der Waals surface area contributed by atoms with E-state index in [2.05, 4.69) is 10.3 Å². The summed E-state index contributed by atoms with van der Waals surface area (Å²) in [5, 5.41) is 7.80. The topological polar surface area (TPSA) is 49.2 Å². The molecular formula is C16H18BF2N3O2. The molecule has 2 heterocycles. The lowest BCUT2D eigenvalue weighted by molar-refractivity contribution is 0.00578. The van der Waals surface area contributed by atoms with E-state index in [4.69, 9.17) is 9.31 Å². The predicted molar refractivity (Wildman–Crippen MR) is 86.5 cm³/mol. The van der Waals surface area contributed by atoms with Gasteiger partial charge in [0, 0.05) is 0 Å². The quantitative estimate of drug-likeness (QED) is 0.809. The second-order valence-electron chi connectivity index (χ2n) is 6.68. The van der Waals surface area contributed by atoms with Gasteiger partial charge in [0.05, 0.1) is 23.1 Å². The minimum Gasteiger partial charge on any atom is -0.398 e. The van der Waals surface area contributed by atoms with Gasteiger partial charge < -0.3 is 9.31 Å². The average molecular weight is 333 g/mol. The first-order valence-electron chi connectivity index (χ1n) is 7.59. The van der Waals surface area contributed by atoms with E-state index in [1.54, 1.807) is 12.1 Å². The molecule has 1 aliphatic rings. The van der Waals surface area contributed by atoms with Crippen molar-refractivity contribution in [2.75, 3.05) is 0 Å². The van der Waals surface area contributed by atoms with Crippen molar-refractivity contribution in [1.29, 1.82) is 0 Å². The molecule has 0 spiro atoms. The summed E-state index contributed by atoms with van der Waals surface area (Å²) >= 11 is 0. The molecule has 0 unspecified atom stereocenters. The van der Waals surface area contributed by atoms with E-state index in [0.29, 0.717) is 11.4 Å². The Labute approximate surface area is 139 Å². The van der Waals surface area contributed by atoms with Gasteiger partial charge in [-0.05, 0) is 58.0 Å². The van der Waals surface area contributed by atoms with Gasteiger partial charge in [-0.2, -0.15) is 0 Å². The Morgan fingerprint density at radius 1 is 1.12 bits per heavy atom. The van der Waals surface area contributed by atoms with Crippen molar-refractivity contribution >= 4 is 13.2 Å². The highest BCUT2D eigenvalue weighted by Crippen LogP contribution is 2.38. The van der Waals surface area contributed by atoms with Gasteiger partial charge in [0.1, 0.15) is 17.2 Å². The third-order valence-corrected chi connectivity index (χ3v) is 4.37. The van der Waals surface area contributed by atoms with E-state index in [9.17, 15) is 8.78 Å². The van der Waals surface area contributed by atoms with Gasteiger partial charge in [-0.25, -0.2) is 13.5 Å². The second-order valence-corrected chi connectivity index (χ2v) is 6.68. The number of aromatic nitrogens is 3. The van der Waals surface area contributed by atoms with Gasteiger partial charge in [0.25, 0.3) is 0 Å². The molecule has 3 rings (SSSR count). The Hall–Kier alpha value is -2.06. The van der Waals surface area contributed by atoms with Crippen molar-refractivity contribution in [3.05, 3.63) is 47.7 Å². The van der Waals surface area contributed by atoms with Crippen LogP contribution in [0.25, 0.3) is 11.8 Å². The van der Waals surface area contributed by atoms with Gasteiger partial charge in [-0.15, -0.1) is 5.10 Å². The molecular weight excluding hydrogens is 315 g/mol. The summed E-state index contributed by atoms with van der Waals surface area (Å²) in [6.07, 6.45) is 2.76. The zero-order chi connectivity index (χ0) is 17.5. The average Bonchev–Trinajstić information content (AvgIpc) is 3.02. The first-order chi connectivity index (χ1) is 11.2. The van der Waals surface area contributed by atoms with Crippen LogP contribution in [0.3, 0.4) is 0 Å². The van der Waals surface area contributed by atoms with Crippen LogP contribution in [-0.2, 0) is 9.31 Å². The van der Waals surface area contributed by atoms with Crippen LogP contribution in [-0.4, -0.2) is 33.3 Å². The summed E-state index contributed by atoms with van der Waals surface area (Å²) in [5.74, 6) is -0.342. The summed E-state index contributed by atoms with van der Waals surface area (Å²) < 4.78 is 40.1. The summed E-state index contributed by atoms with van der Waals surface area (Å²) in [6, 6.07) is 5.75. The maximum Gasteiger partial charge on any atom is 0.525 e. The Bertz CT molecular complexity index is 756. The molecule has 2 aromatic rings. The highest BCUT2D eigenvalue weighted by molar-refractivity contribution is 6.54. The summed E-state index contributed by atoms with van der Waals surface area (Å²) in [4.78, 5) is 0. The normalized spacial score (nSPS) is 19.8. The molecule has 0 saturated carbocycles. The number of hydrogen-bond acceptors (Lipinski definition) is 4. The SMILES string of the molecule is CC1(C)OB(C(F)=Cc2cn(-c3ccc(F)cc3)nn2)OC1(C)C. The molecule has 24 heavy (non-hydrogen) atoms. The summed E-state index contributed by atoms with van der Waals surface area (Å²) in [5.41, 5.74) is -0.880. The van der Waals surface area contributed by atoms with Crippen LogP contribution in [0.5, 0.6) is 0 Å². The Morgan fingerprint density at radius 2 is 1.71 bits per heavy atom. The zero-order valence-corrected chi connectivity index (χ0v) is 14.0. The fourth-order valence-corrected chi connectivity index (χ4v) is 2.23. The van der Waals surface area contributed by atoms with E-state index >= 15 is 0 Å². The number of nitrogens with zero attached hydrogens (tertiary/aromatic N) is 3. The Kier molecular flexibility index (Phi) is 4.05. The molecule has 8 heteroatoms. The number of halogens is 2. The van der Waals surface area contributed by atoms with Crippen molar-refractivity contribution in [3.8, 4) is 5.69 Å². The summed E-state index contributed by atoms with van der Waals surface area (Å²) in [6.45, 7) is 7.41. The van der Waals surface area contributed by atoms with Crippen LogP contribution in [0.15, 0.2) is 36.2 Å². The molecule has 5 nitrogen and oxygen atoms in total. The maximum atomic E-state index is 14.4. The van der Waals surface area contributed by atoms with Crippen LogP contribution in [0.1, 0.15) is 33.4 Å². The van der Waals surface area contributed by atoms with Gasteiger partial charge in [-0.1, -0.05) is 5.21 Å². The van der Waals surface area contributed by atoms with E-state index in [-0.39, 0.29) is 5.82 Å². The predicted octanol–water partition coefficient (Wildman–Crippen LogP) is 3.35. The van der Waals surface area contributed by atoms with Crippen LogP contribution >= 0.6 is 0 Å². The third kappa shape index (κ3) is 3.11. The van der Waals surface area contributed by atoms with Crippen molar-refractivity contribution in [2.24, 2.45) is 0 Å². The maximum absolute atomic E-state index is 14.4. The van der Waals surface area contributed by atoms with E-state index in [1.807, 2.05) is 27.7 Å². The molecule has 1 aliphatic heterocycles. The highest BCUT2D eigenvalue weighted by Gasteiger charge is 2.53. The second kappa shape index (κ2) is 5.79. The van der Waals surface area contributed by atoms with Crippen molar-refractivity contribution in [1.82, 2.24) is 15.0 Å². The molecule has 1 fully saturated rings. The van der Waals surface area contributed by atoms with Crippen LogP contribution < -0.4 is 0 Å². The lowest BCUT2D eigenvalue weighted by Crippen LogP contribution is -2.41. The molecule has 1 saturated heterocycles. The van der Waals surface area contributed by atoms with E-state index in [1.165, 1.54) is 29.1 Å². The van der Waals surface area contributed by atoms with Gasteiger partial charge in [0.15, 0.2) is 0 Å². The Morgan fingerprint density at radius 3 is 2.29 bits per heavy atom. The molecule has 0 radical (unpaired) electrons. The lowest BCUT2D eigenvalue weighted by Gasteiger charge is -2.32. The minimum atomic E-state index is -1.08. The smallest absolute Gasteiger partial charge is 0.398 e. The van der Waals surface area contributed by atoms with Gasteiger partial charge >= 0.3 is 7.12 Å². The van der Waals surface area contributed by atoms with Gasteiger partial charge in [0.2, 0.25) is 0 Å². The van der Waals surface area contributed by atoms with Crippen molar-refractivity contribution in [3.63, 3.8) is 0 Å². The monoisotopic (exact) mass is 333 g/mol. The molecule has 0 N–H and O–H groups in total. The standard InChI is InChI=1S/C16H18BF2N3O2/c1-15(2)16(3,4)24-17(23-15)14(19)9-12-10-22(21-20-12)13-7-5-11(18)6-8-13/h5-10H,1-4H3. The summed E-state index contributed by atoms with van der Waals surface area (Å²) in [7, 11) is -1.08. The molecule has 0 bridgehead atoms. The number of benzene rings is 1. The third-order valence-electron chi connectivity index (χ3n) is 4.37. The van der Waals surface area contributed by atoms with Crippen LogP contribution in [0, 0.1) is 5.82 Å². The molecule has 126 valence electrons. The fraction of sp³-hybridized carbons (Fsp3) is 0.375. The fourth-order valence-electron chi connectivity index (χ4n) is 2.23. The highest BCUT2D eigenvalue weighted by atomic mass is 19.1. The van der Waals surface area contributed by atoms with E-state index < -0.39 is 24.0 Å². The number of rotatable bonds is 3. The molecule has 0 atom stereocenters. The van der Waals surface area contributed by atoms with Crippen molar-refractivity contribution in [2.45, 2.75) is 38.9 Å². The molecule has 0 amide bonds. The lowest BCUT2D eigenvalue weighted by atomic mass is 9.87. The molecule has 1 aromatic heterocycles. The molecule has 0 aliphatic carbocycles. The first kappa shape index (κ1) is 16.8. The first-order valence-corrected chi connectivity index (χ1v) is 7.59. The Balaban J connectivity index is 1.79. The van der Waals surface area contributed by atoms with Crippen LogP contribution in [0.2, 0.25) is 0 Å². The number of hydrogen-bond donors (Lipinski definition) is 0.